The number of nitrogens with one attached hydrogen (secondary N) is 2. The molecule has 0 aliphatic rings. The maximum atomic E-state index is 12.7. The molecule has 150 valence electrons. The van der Waals surface area contributed by atoms with Gasteiger partial charge in [-0.1, -0.05) is 48.5 Å². The minimum absolute atomic E-state index is 0.204. The number of rotatable bonds is 8. The van der Waals surface area contributed by atoms with Gasteiger partial charge in [0.1, 0.15) is 11.4 Å². The summed E-state index contributed by atoms with van der Waals surface area (Å²) in [5.41, 5.74) is 6.92. The van der Waals surface area contributed by atoms with Gasteiger partial charge in [-0.25, -0.2) is 4.98 Å². The van der Waals surface area contributed by atoms with Gasteiger partial charge in [-0.2, -0.15) is 0 Å². The Balaban J connectivity index is 1.69. The van der Waals surface area contributed by atoms with E-state index in [0.717, 1.165) is 29.2 Å². The first-order valence-electron chi connectivity index (χ1n) is 9.84. The van der Waals surface area contributed by atoms with E-state index < -0.39 is 0 Å². The van der Waals surface area contributed by atoms with Crippen LogP contribution in [-0.2, 0) is 0 Å². The van der Waals surface area contributed by atoms with Crippen molar-refractivity contribution in [3.8, 4) is 0 Å². The number of nitrogens with two attached hydrogens (primary N) is 1. The van der Waals surface area contributed by atoms with Crippen LogP contribution in [0.15, 0.2) is 60.7 Å². The largest absolute Gasteiger partial charge is 0.351 e. The highest BCUT2D eigenvalue weighted by atomic mass is 16.2. The molecule has 3 aromatic rings. The third-order valence-corrected chi connectivity index (χ3v) is 4.77. The predicted octanol–water partition coefficient (Wildman–Crippen LogP) is 3.19. The van der Waals surface area contributed by atoms with E-state index in [4.69, 9.17) is 5.73 Å². The van der Waals surface area contributed by atoms with Gasteiger partial charge >= 0.3 is 0 Å². The van der Waals surface area contributed by atoms with Crippen LogP contribution < -0.4 is 16.4 Å². The van der Waals surface area contributed by atoms with Gasteiger partial charge in [-0.05, 0) is 54.8 Å². The second kappa shape index (κ2) is 9.80. The molecule has 0 bridgehead atoms. The summed E-state index contributed by atoms with van der Waals surface area (Å²) in [6.45, 7) is 3.07. The molecule has 0 aliphatic heterocycles. The molecule has 6 nitrogen and oxygen atoms in total. The number of pyridine rings is 1. The monoisotopic (exact) mass is 390 g/mol. The van der Waals surface area contributed by atoms with Crippen LogP contribution in [0.1, 0.15) is 52.3 Å². The first-order chi connectivity index (χ1) is 14.1. The number of benzene rings is 2. The van der Waals surface area contributed by atoms with Crippen molar-refractivity contribution < 1.29 is 9.59 Å². The summed E-state index contributed by atoms with van der Waals surface area (Å²) in [5.74, 6) is -0.609. The van der Waals surface area contributed by atoms with Gasteiger partial charge in [-0.15, -0.1) is 0 Å². The van der Waals surface area contributed by atoms with Crippen molar-refractivity contribution in [2.45, 2.75) is 25.8 Å². The minimum Gasteiger partial charge on any atom is -0.351 e. The molecule has 6 heteroatoms. The zero-order chi connectivity index (χ0) is 20.6. The highest BCUT2D eigenvalue weighted by Gasteiger charge is 2.16. The Morgan fingerprint density at radius 3 is 2.41 bits per heavy atom. The van der Waals surface area contributed by atoms with Gasteiger partial charge in [0.15, 0.2) is 0 Å². The number of unbranched alkanes of at least 4 members (excludes halogenated alkanes) is 1. The molecule has 0 radical (unpaired) electrons. The summed E-state index contributed by atoms with van der Waals surface area (Å²) in [4.78, 5) is 29.2. The molecular weight excluding hydrogens is 364 g/mol. The van der Waals surface area contributed by atoms with Crippen molar-refractivity contribution in [2.75, 3.05) is 13.1 Å². The van der Waals surface area contributed by atoms with Gasteiger partial charge in [0, 0.05) is 6.54 Å². The number of carbonyl (C=O) groups excluding carboxylic acids is 2. The highest BCUT2D eigenvalue weighted by Crippen LogP contribution is 2.24. The van der Waals surface area contributed by atoms with E-state index in [1.807, 2.05) is 49.4 Å². The molecule has 0 aliphatic carbocycles. The molecule has 4 N–H and O–H groups in total. The molecule has 0 saturated heterocycles. The number of fused-ring (bicyclic) bond motifs is 1. The van der Waals surface area contributed by atoms with Crippen molar-refractivity contribution in [1.29, 1.82) is 0 Å². The van der Waals surface area contributed by atoms with Gasteiger partial charge < -0.3 is 16.4 Å². The number of hydrogen-bond donors (Lipinski definition) is 3. The molecule has 29 heavy (non-hydrogen) atoms. The zero-order valence-corrected chi connectivity index (χ0v) is 16.5. The van der Waals surface area contributed by atoms with Crippen LogP contribution in [0, 0.1) is 0 Å². The summed E-state index contributed by atoms with van der Waals surface area (Å²) in [6.07, 6.45) is 1.66. The third-order valence-electron chi connectivity index (χ3n) is 4.77. The van der Waals surface area contributed by atoms with Crippen LogP contribution in [0.3, 0.4) is 0 Å². The van der Waals surface area contributed by atoms with E-state index in [0.29, 0.717) is 13.1 Å². The number of amides is 2. The van der Waals surface area contributed by atoms with E-state index in [-0.39, 0.29) is 29.2 Å². The molecule has 1 aromatic heterocycles. The Hall–Kier alpha value is -3.25. The van der Waals surface area contributed by atoms with Gasteiger partial charge in [0.2, 0.25) is 0 Å². The van der Waals surface area contributed by atoms with Crippen molar-refractivity contribution in [2.24, 2.45) is 5.73 Å². The van der Waals surface area contributed by atoms with Crippen molar-refractivity contribution in [1.82, 2.24) is 15.6 Å². The molecule has 0 unspecified atom stereocenters. The lowest BCUT2D eigenvalue weighted by Crippen LogP contribution is -2.29. The Kier molecular flexibility index (Phi) is 6.92. The molecule has 2 aromatic carbocycles. The lowest BCUT2D eigenvalue weighted by atomic mass is 9.99. The molecule has 2 amide bonds. The second-order valence-electron chi connectivity index (χ2n) is 6.92. The molecule has 1 heterocycles. The number of carbonyl (C=O) groups is 2. The first-order valence-corrected chi connectivity index (χ1v) is 9.84. The molecular formula is C23H26N4O2. The van der Waals surface area contributed by atoms with Crippen LogP contribution in [-0.4, -0.2) is 29.9 Å². The van der Waals surface area contributed by atoms with Crippen LogP contribution in [0.5, 0.6) is 0 Å². The summed E-state index contributed by atoms with van der Waals surface area (Å²) >= 11 is 0. The molecule has 0 saturated carbocycles. The third kappa shape index (κ3) is 5.18. The van der Waals surface area contributed by atoms with Crippen LogP contribution in [0.4, 0.5) is 0 Å². The summed E-state index contributed by atoms with van der Waals surface area (Å²) in [7, 11) is 0. The van der Waals surface area contributed by atoms with Crippen molar-refractivity contribution >= 4 is 22.6 Å². The van der Waals surface area contributed by atoms with Crippen LogP contribution >= 0.6 is 0 Å². The standard InChI is InChI=1S/C23H26N4O2/c1-16(18-11-6-9-17-8-2-3-10-19(17)18)26-23(29)21-13-7-12-20(27-21)22(28)25-15-5-4-14-24/h2-3,6-13,16H,4-5,14-15,24H2,1H3,(H,25,28)(H,26,29)/t16-/m1/s1. The van der Waals surface area contributed by atoms with E-state index in [1.54, 1.807) is 18.2 Å². The number of aromatic nitrogens is 1. The highest BCUT2D eigenvalue weighted by molar-refractivity contribution is 5.96. The average molecular weight is 390 g/mol. The van der Waals surface area contributed by atoms with E-state index >= 15 is 0 Å². The summed E-state index contributed by atoms with van der Waals surface area (Å²) in [5, 5.41) is 8.00. The summed E-state index contributed by atoms with van der Waals surface area (Å²) < 4.78 is 0. The maximum Gasteiger partial charge on any atom is 0.270 e. The molecule has 1 atom stereocenters. The van der Waals surface area contributed by atoms with Crippen LogP contribution in [0.25, 0.3) is 10.8 Å². The minimum atomic E-state index is -0.316. The number of nitrogens with zero attached hydrogens (tertiary/aromatic N) is 1. The molecule has 0 fully saturated rings. The lowest BCUT2D eigenvalue weighted by molar-refractivity contribution is 0.0934. The second-order valence-corrected chi connectivity index (χ2v) is 6.92. The normalized spacial score (nSPS) is 11.8. The van der Waals surface area contributed by atoms with Gasteiger partial charge in [0.05, 0.1) is 6.04 Å². The zero-order valence-electron chi connectivity index (χ0n) is 16.5. The topological polar surface area (TPSA) is 97.1 Å². The van der Waals surface area contributed by atoms with Crippen molar-refractivity contribution in [3.05, 3.63) is 77.6 Å². The first kappa shape index (κ1) is 20.5. The Bertz CT molecular complexity index is 998. The molecule has 3 rings (SSSR count). The summed E-state index contributed by atoms with van der Waals surface area (Å²) in [6, 6.07) is 18.8. The number of hydrogen-bond acceptors (Lipinski definition) is 4. The Labute approximate surface area is 170 Å². The van der Waals surface area contributed by atoms with E-state index in [2.05, 4.69) is 15.6 Å². The fraction of sp³-hybridized carbons (Fsp3) is 0.261. The Morgan fingerprint density at radius 1 is 0.931 bits per heavy atom. The quantitative estimate of drug-likeness (QED) is 0.515. The maximum absolute atomic E-state index is 12.7. The fourth-order valence-electron chi connectivity index (χ4n) is 3.23. The Morgan fingerprint density at radius 2 is 1.62 bits per heavy atom. The average Bonchev–Trinajstić information content (AvgIpc) is 2.76. The van der Waals surface area contributed by atoms with E-state index in [1.165, 1.54) is 0 Å². The van der Waals surface area contributed by atoms with Gasteiger partial charge in [0.25, 0.3) is 11.8 Å². The van der Waals surface area contributed by atoms with E-state index in [9.17, 15) is 9.59 Å². The molecule has 0 spiro atoms. The van der Waals surface area contributed by atoms with Gasteiger partial charge in [-0.3, -0.25) is 9.59 Å². The SMILES string of the molecule is C[C@@H](NC(=O)c1cccc(C(=O)NCCCCN)n1)c1cccc2ccccc12. The van der Waals surface area contributed by atoms with Crippen LogP contribution in [0.2, 0.25) is 0 Å². The smallest absolute Gasteiger partial charge is 0.270 e. The van der Waals surface area contributed by atoms with Crippen molar-refractivity contribution in [3.63, 3.8) is 0 Å². The predicted molar refractivity (Wildman–Crippen MR) is 115 cm³/mol. The lowest BCUT2D eigenvalue weighted by Gasteiger charge is -2.16. The fourth-order valence-corrected chi connectivity index (χ4v) is 3.23.